The molecule has 0 aliphatic carbocycles. The van der Waals surface area contributed by atoms with Gasteiger partial charge in [-0.1, -0.05) is 51.1 Å². The molecule has 0 saturated carbocycles. The van der Waals surface area contributed by atoms with Gasteiger partial charge in [-0.3, -0.25) is 4.79 Å². The Hall–Kier alpha value is -3.34. The molecule has 2 heterocycles. The zero-order valence-corrected chi connectivity index (χ0v) is 16.8. The molecule has 0 atom stereocenters. The fourth-order valence-electron chi connectivity index (χ4n) is 3.81. The molecule has 1 aliphatic rings. The highest BCUT2D eigenvalue weighted by Gasteiger charge is 2.26. The lowest BCUT2D eigenvalue weighted by Crippen LogP contribution is -2.28. The second-order valence-electron chi connectivity index (χ2n) is 8.45. The van der Waals surface area contributed by atoms with Crippen LogP contribution in [0.4, 0.5) is 0 Å². The average Bonchev–Trinajstić information content (AvgIpc) is 2.94. The molecule has 2 aromatic carbocycles. The number of fused-ring (bicyclic) bond motifs is 3. The third kappa shape index (κ3) is 3.44. The SMILES string of the molecule is CC(C)(C)c1ccc(C(=O)N2C=C(C(=O)O)c3[nH]c4ccccc4c3CC2)cc1. The van der Waals surface area contributed by atoms with Crippen molar-refractivity contribution in [3.8, 4) is 0 Å². The monoisotopic (exact) mass is 388 g/mol. The fraction of sp³-hybridized carbons (Fsp3) is 0.250. The number of rotatable bonds is 2. The summed E-state index contributed by atoms with van der Waals surface area (Å²) in [5.41, 5.74) is 4.23. The number of nitrogens with zero attached hydrogens (tertiary/aromatic N) is 1. The van der Waals surface area contributed by atoms with Gasteiger partial charge in [0.25, 0.3) is 5.91 Å². The van der Waals surface area contributed by atoms with Gasteiger partial charge >= 0.3 is 5.97 Å². The number of aromatic amines is 1. The number of nitrogens with one attached hydrogen (secondary N) is 1. The minimum atomic E-state index is -1.06. The summed E-state index contributed by atoms with van der Waals surface area (Å²) in [4.78, 5) is 29.8. The number of benzene rings is 2. The minimum Gasteiger partial charge on any atom is -0.478 e. The van der Waals surface area contributed by atoms with Gasteiger partial charge in [0.2, 0.25) is 0 Å². The first-order valence-corrected chi connectivity index (χ1v) is 9.72. The van der Waals surface area contributed by atoms with Gasteiger partial charge in [-0.2, -0.15) is 0 Å². The number of carboxylic acids is 1. The van der Waals surface area contributed by atoms with E-state index in [9.17, 15) is 14.7 Å². The second kappa shape index (κ2) is 6.92. The molecule has 4 rings (SSSR count). The zero-order chi connectivity index (χ0) is 20.8. The third-order valence-electron chi connectivity index (χ3n) is 5.46. The van der Waals surface area contributed by atoms with Crippen molar-refractivity contribution in [3.63, 3.8) is 0 Å². The number of hydrogen-bond acceptors (Lipinski definition) is 2. The largest absolute Gasteiger partial charge is 0.478 e. The Bertz CT molecular complexity index is 1130. The van der Waals surface area contributed by atoms with Crippen LogP contribution in [0.3, 0.4) is 0 Å². The van der Waals surface area contributed by atoms with Crippen LogP contribution in [0.15, 0.2) is 54.7 Å². The van der Waals surface area contributed by atoms with E-state index in [2.05, 4.69) is 25.8 Å². The van der Waals surface area contributed by atoms with Crippen LogP contribution >= 0.6 is 0 Å². The van der Waals surface area contributed by atoms with Gasteiger partial charge < -0.3 is 15.0 Å². The van der Waals surface area contributed by atoms with E-state index in [1.54, 1.807) is 0 Å². The predicted octanol–water partition coefficient (Wildman–Crippen LogP) is 4.59. The van der Waals surface area contributed by atoms with Crippen molar-refractivity contribution in [2.24, 2.45) is 0 Å². The predicted molar refractivity (Wildman–Crippen MR) is 114 cm³/mol. The van der Waals surface area contributed by atoms with Crippen LogP contribution < -0.4 is 0 Å². The van der Waals surface area contributed by atoms with Crippen molar-refractivity contribution in [3.05, 3.63) is 77.1 Å². The summed E-state index contributed by atoms with van der Waals surface area (Å²) in [6.45, 7) is 6.79. The summed E-state index contributed by atoms with van der Waals surface area (Å²) in [6.07, 6.45) is 2.04. The molecule has 5 nitrogen and oxygen atoms in total. The molecule has 0 radical (unpaired) electrons. The average molecular weight is 388 g/mol. The van der Waals surface area contributed by atoms with Gasteiger partial charge in [0, 0.05) is 29.2 Å². The van der Waals surface area contributed by atoms with Crippen LogP contribution in [-0.4, -0.2) is 33.4 Å². The molecule has 0 unspecified atom stereocenters. The summed E-state index contributed by atoms with van der Waals surface area (Å²) in [5.74, 6) is -1.25. The van der Waals surface area contributed by atoms with E-state index in [0.29, 0.717) is 24.2 Å². The highest BCUT2D eigenvalue weighted by atomic mass is 16.4. The Labute approximate surface area is 169 Å². The minimum absolute atomic E-state index is 0.00431. The lowest BCUT2D eigenvalue weighted by atomic mass is 9.86. The number of aliphatic carboxylic acids is 1. The molecular weight excluding hydrogens is 364 g/mol. The van der Waals surface area contributed by atoms with E-state index >= 15 is 0 Å². The maximum atomic E-state index is 13.1. The summed E-state index contributed by atoms with van der Waals surface area (Å²) in [6, 6.07) is 15.3. The molecule has 0 spiro atoms. The Kier molecular flexibility index (Phi) is 4.53. The van der Waals surface area contributed by atoms with Crippen LogP contribution in [0.5, 0.6) is 0 Å². The molecule has 3 aromatic rings. The molecule has 29 heavy (non-hydrogen) atoms. The Balaban J connectivity index is 1.71. The van der Waals surface area contributed by atoms with Crippen molar-refractivity contribution in [1.82, 2.24) is 9.88 Å². The number of carboxylic acid groups (broad SMARTS) is 1. The van der Waals surface area contributed by atoms with Crippen molar-refractivity contribution < 1.29 is 14.7 Å². The van der Waals surface area contributed by atoms with Gasteiger partial charge in [0.05, 0.1) is 11.3 Å². The topological polar surface area (TPSA) is 73.4 Å². The normalized spacial score (nSPS) is 14.3. The molecule has 148 valence electrons. The summed E-state index contributed by atoms with van der Waals surface area (Å²) >= 11 is 0. The molecule has 1 aromatic heterocycles. The van der Waals surface area contributed by atoms with E-state index in [1.165, 1.54) is 11.1 Å². The van der Waals surface area contributed by atoms with Crippen LogP contribution in [0.1, 0.15) is 48.0 Å². The summed E-state index contributed by atoms with van der Waals surface area (Å²) in [7, 11) is 0. The van der Waals surface area contributed by atoms with E-state index in [-0.39, 0.29) is 16.9 Å². The van der Waals surface area contributed by atoms with Crippen LogP contribution in [0, 0.1) is 0 Å². The van der Waals surface area contributed by atoms with Crippen LogP contribution in [0.2, 0.25) is 0 Å². The van der Waals surface area contributed by atoms with Gasteiger partial charge in [-0.15, -0.1) is 0 Å². The number of para-hydroxylation sites is 1. The maximum Gasteiger partial charge on any atom is 0.339 e. The number of H-pyrrole nitrogens is 1. The molecule has 2 N–H and O–H groups in total. The number of amides is 1. The quantitative estimate of drug-likeness (QED) is 0.674. The third-order valence-corrected chi connectivity index (χ3v) is 5.46. The molecular formula is C24H24N2O3. The maximum absolute atomic E-state index is 13.1. The zero-order valence-electron chi connectivity index (χ0n) is 16.8. The molecule has 1 amide bonds. The number of hydrogen-bond donors (Lipinski definition) is 2. The van der Waals surface area contributed by atoms with Gasteiger partial charge in [0.15, 0.2) is 0 Å². The van der Waals surface area contributed by atoms with Crippen LogP contribution in [-0.2, 0) is 16.6 Å². The van der Waals surface area contributed by atoms with Crippen molar-refractivity contribution in [2.45, 2.75) is 32.6 Å². The lowest BCUT2D eigenvalue weighted by Gasteiger charge is -2.21. The number of carbonyl (C=O) groups is 2. The molecule has 1 aliphatic heterocycles. The van der Waals surface area contributed by atoms with Crippen molar-refractivity contribution in [2.75, 3.05) is 6.54 Å². The first kappa shape index (κ1) is 19.0. The van der Waals surface area contributed by atoms with Gasteiger partial charge in [-0.05, 0) is 41.2 Å². The molecule has 0 saturated heterocycles. The van der Waals surface area contributed by atoms with E-state index < -0.39 is 5.97 Å². The smallest absolute Gasteiger partial charge is 0.339 e. The standard InChI is InChI=1S/C24H24N2O3/c1-24(2,3)16-10-8-15(9-11-16)22(27)26-13-12-18-17-6-4-5-7-20(17)25-21(18)19(14-26)23(28)29/h4-11,14,25H,12-13H2,1-3H3,(H,28,29). The Morgan fingerprint density at radius 1 is 1.03 bits per heavy atom. The van der Waals surface area contributed by atoms with Crippen molar-refractivity contribution >= 4 is 28.4 Å². The van der Waals surface area contributed by atoms with Crippen LogP contribution in [0.25, 0.3) is 16.5 Å². The van der Waals surface area contributed by atoms with E-state index in [1.807, 2.05) is 48.5 Å². The number of carbonyl (C=O) groups excluding carboxylic acids is 1. The highest BCUT2D eigenvalue weighted by Crippen LogP contribution is 2.31. The van der Waals surface area contributed by atoms with E-state index in [0.717, 1.165) is 22.0 Å². The number of aromatic nitrogens is 1. The van der Waals surface area contributed by atoms with Gasteiger partial charge in [0.1, 0.15) is 0 Å². The summed E-state index contributed by atoms with van der Waals surface area (Å²) in [5, 5.41) is 10.8. The molecule has 0 bridgehead atoms. The van der Waals surface area contributed by atoms with Crippen molar-refractivity contribution in [1.29, 1.82) is 0 Å². The highest BCUT2D eigenvalue weighted by molar-refractivity contribution is 6.17. The fourth-order valence-corrected chi connectivity index (χ4v) is 3.81. The summed E-state index contributed by atoms with van der Waals surface area (Å²) < 4.78 is 0. The Morgan fingerprint density at radius 2 is 1.72 bits per heavy atom. The van der Waals surface area contributed by atoms with Gasteiger partial charge in [-0.25, -0.2) is 4.79 Å². The van der Waals surface area contributed by atoms with E-state index in [4.69, 9.17) is 0 Å². The first-order valence-electron chi connectivity index (χ1n) is 9.72. The first-order chi connectivity index (χ1) is 13.8. The molecule has 0 fully saturated rings. The lowest BCUT2D eigenvalue weighted by molar-refractivity contribution is -0.130. The second-order valence-corrected chi connectivity index (χ2v) is 8.45. The Morgan fingerprint density at radius 3 is 2.38 bits per heavy atom. The molecule has 5 heteroatoms.